The van der Waals surface area contributed by atoms with Crippen LogP contribution in [0.3, 0.4) is 0 Å². The third-order valence-electron chi connectivity index (χ3n) is 3.52. The SMILES string of the molecule is O=C(O)C[C@H](NC(=O)CC(n1cccn1)C(F)(F)F)c1ccccc1. The monoisotopic (exact) mass is 355 g/mol. The minimum absolute atomic E-state index is 0.436. The first kappa shape index (κ1) is 18.5. The maximum Gasteiger partial charge on any atom is 0.411 e. The molecule has 0 radical (unpaired) electrons. The van der Waals surface area contributed by atoms with Gasteiger partial charge in [-0.3, -0.25) is 14.3 Å². The Balaban J connectivity index is 2.13. The molecule has 2 atom stereocenters. The molecule has 0 saturated carbocycles. The maximum atomic E-state index is 13.2. The van der Waals surface area contributed by atoms with E-state index in [1.54, 1.807) is 30.3 Å². The second-order valence-corrected chi connectivity index (χ2v) is 5.38. The summed E-state index contributed by atoms with van der Waals surface area (Å²) >= 11 is 0. The van der Waals surface area contributed by atoms with Gasteiger partial charge in [-0.1, -0.05) is 30.3 Å². The summed E-state index contributed by atoms with van der Waals surface area (Å²) in [6.07, 6.45) is -3.69. The number of hydrogen-bond acceptors (Lipinski definition) is 3. The van der Waals surface area contributed by atoms with E-state index in [1.807, 2.05) is 0 Å². The molecular formula is C16H16F3N3O3. The zero-order valence-corrected chi connectivity index (χ0v) is 13.0. The first-order valence-corrected chi connectivity index (χ1v) is 7.39. The van der Waals surface area contributed by atoms with E-state index >= 15 is 0 Å². The number of nitrogens with one attached hydrogen (secondary N) is 1. The topological polar surface area (TPSA) is 84.2 Å². The summed E-state index contributed by atoms with van der Waals surface area (Å²) in [6.45, 7) is 0. The summed E-state index contributed by atoms with van der Waals surface area (Å²) in [5, 5.41) is 14.9. The van der Waals surface area contributed by atoms with E-state index in [0.717, 1.165) is 6.20 Å². The quantitative estimate of drug-likeness (QED) is 0.800. The summed E-state index contributed by atoms with van der Waals surface area (Å²) in [7, 11) is 0. The van der Waals surface area contributed by atoms with Gasteiger partial charge in [0.05, 0.1) is 18.9 Å². The molecule has 6 nitrogen and oxygen atoms in total. The van der Waals surface area contributed by atoms with E-state index in [2.05, 4.69) is 10.4 Å². The molecular weight excluding hydrogens is 339 g/mol. The van der Waals surface area contributed by atoms with Crippen LogP contribution in [0.4, 0.5) is 13.2 Å². The average Bonchev–Trinajstić information content (AvgIpc) is 3.05. The van der Waals surface area contributed by atoms with Crippen molar-refractivity contribution in [1.82, 2.24) is 15.1 Å². The molecule has 1 unspecified atom stereocenters. The van der Waals surface area contributed by atoms with Gasteiger partial charge < -0.3 is 10.4 Å². The van der Waals surface area contributed by atoms with Crippen molar-refractivity contribution >= 4 is 11.9 Å². The minimum Gasteiger partial charge on any atom is -0.481 e. The lowest BCUT2D eigenvalue weighted by molar-refractivity contribution is -0.175. The van der Waals surface area contributed by atoms with Gasteiger partial charge in [-0.05, 0) is 11.6 Å². The van der Waals surface area contributed by atoms with Gasteiger partial charge in [-0.15, -0.1) is 0 Å². The Morgan fingerprint density at radius 3 is 2.36 bits per heavy atom. The van der Waals surface area contributed by atoms with Gasteiger partial charge in [-0.25, -0.2) is 0 Å². The average molecular weight is 355 g/mol. The number of carboxylic acid groups (broad SMARTS) is 1. The van der Waals surface area contributed by atoms with Gasteiger partial charge in [0.25, 0.3) is 0 Å². The van der Waals surface area contributed by atoms with Crippen LogP contribution in [0.5, 0.6) is 0 Å². The molecule has 0 fully saturated rings. The lowest BCUT2D eigenvalue weighted by Gasteiger charge is -2.22. The van der Waals surface area contributed by atoms with E-state index in [1.165, 1.54) is 12.3 Å². The highest BCUT2D eigenvalue weighted by molar-refractivity contribution is 5.78. The highest BCUT2D eigenvalue weighted by Gasteiger charge is 2.43. The smallest absolute Gasteiger partial charge is 0.411 e. The number of rotatable bonds is 7. The van der Waals surface area contributed by atoms with Crippen molar-refractivity contribution < 1.29 is 27.9 Å². The molecule has 9 heteroatoms. The highest BCUT2D eigenvalue weighted by Crippen LogP contribution is 2.32. The number of carbonyl (C=O) groups is 2. The van der Waals surface area contributed by atoms with Crippen LogP contribution in [0.25, 0.3) is 0 Å². The van der Waals surface area contributed by atoms with E-state index in [9.17, 15) is 22.8 Å². The molecule has 134 valence electrons. The van der Waals surface area contributed by atoms with Gasteiger partial charge in [0.2, 0.25) is 5.91 Å². The summed E-state index contributed by atoms with van der Waals surface area (Å²) in [4.78, 5) is 23.1. The second-order valence-electron chi connectivity index (χ2n) is 5.38. The predicted molar refractivity (Wildman–Crippen MR) is 81.5 cm³/mol. The fraction of sp³-hybridized carbons (Fsp3) is 0.312. The number of halogens is 3. The largest absolute Gasteiger partial charge is 0.481 e. The summed E-state index contributed by atoms with van der Waals surface area (Å²) in [5.41, 5.74) is 0.501. The molecule has 1 amide bonds. The molecule has 0 aliphatic rings. The van der Waals surface area contributed by atoms with E-state index < -0.39 is 43.0 Å². The van der Waals surface area contributed by atoms with Crippen molar-refractivity contribution in [2.75, 3.05) is 0 Å². The number of aliphatic carboxylic acids is 1. The van der Waals surface area contributed by atoms with Crippen molar-refractivity contribution in [2.45, 2.75) is 31.1 Å². The Hall–Kier alpha value is -2.84. The van der Waals surface area contributed by atoms with E-state index in [4.69, 9.17) is 5.11 Å². The number of nitrogens with zero attached hydrogens (tertiary/aromatic N) is 2. The zero-order chi connectivity index (χ0) is 18.4. The van der Waals surface area contributed by atoms with Crippen LogP contribution >= 0.6 is 0 Å². The van der Waals surface area contributed by atoms with Crippen molar-refractivity contribution in [3.8, 4) is 0 Å². The standard InChI is InChI=1S/C16H16F3N3O3/c17-16(18,19)13(22-8-4-7-20-22)10-14(23)21-12(9-15(24)25)11-5-2-1-3-6-11/h1-8,12-13H,9-10H2,(H,21,23)(H,24,25)/t12-,13?/m0/s1. The minimum atomic E-state index is -4.67. The van der Waals surface area contributed by atoms with Gasteiger partial charge in [0.1, 0.15) is 0 Å². The molecule has 0 aliphatic heterocycles. The molecule has 0 spiro atoms. The molecule has 2 aromatic rings. The third kappa shape index (κ3) is 5.33. The zero-order valence-electron chi connectivity index (χ0n) is 13.0. The first-order chi connectivity index (χ1) is 11.8. The predicted octanol–water partition coefficient (Wildman–Crippen LogP) is 2.71. The summed E-state index contributed by atoms with van der Waals surface area (Å²) < 4.78 is 40.2. The van der Waals surface area contributed by atoms with Gasteiger partial charge in [0, 0.05) is 12.4 Å². The molecule has 0 aliphatic carbocycles. The van der Waals surface area contributed by atoms with Crippen LogP contribution in [0.1, 0.15) is 30.5 Å². The van der Waals surface area contributed by atoms with Gasteiger partial charge in [-0.2, -0.15) is 18.3 Å². The Morgan fingerprint density at radius 1 is 1.16 bits per heavy atom. The fourth-order valence-electron chi connectivity index (χ4n) is 2.37. The number of carbonyl (C=O) groups excluding carboxylic acids is 1. The number of aromatic nitrogens is 2. The van der Waals surface area contributed by atoms with Crippen LogP contribution in [-0.4, -0.2) is 32.9 Å². The van der Waals surface area contributed by atoms with Crippen LogP contribution in [0.15, 0.2) is 48.8 Å². The van der Waals surface area contributed by atoms with Crippen molar-refractivity contribution in [3.63, 3.8) is 0 Å². The van der Waals surface area contributed by atoms with Crippen molar-refractivity contribution in [3.05, 3.63) is 54.4 Å². The van der Waals surface area contributed by atoms with Crippen LogP contribution in [0.2, 0.25) is 0 Å². The second kappa shape index (κ2) is 7.82. The number of alkyl halides is 3. The number of carboxylic acids is 1. The van der Waals surface area contributed by atoms with Gasteiger partial charge in [0.15, 0.2) is 6.04 Å². The Labute approximate surface area is 141 Å². The van der Waals surface area contributed by atoms with E-state index in [-0.39, 0.29) is 0 Å². The molecule has 1 aromatic heterocycles. The van der Waals surface area contributed by atoms with Crippen LogP contribution < -0.4 is 5.32 Å². The normalized spacial score (nSPS) is 13.9. The van der Waals surface area contributed by atoms with Crippen LogP contribution in [-0.2, 0) is 9.59 Å². The number of amides is 1. The third-order valence-corrected chi connectivity index (χ3v) is 3.52. The summed E-state index contributed by atoms with van der Waals surface area (Å²) in [5.74, 6) is -2.08. The van der Waals surface area contributed by atoms with Crippen LogP contribution in [0, 0.1) is 0 Å². The molecule has 2 N–H and O–H groups in total. The number of hydrogen-bond donors (Lipinski definition) is 2. The Morgan fingerprint density at radius 2 is 1.84 bits per heavy atom. The molecule has 25 heavy (non-hydrogen) atoms. The molecule has 1 aromatic carbocycles. The lowest BCUT2D eigenvalue weighted by Crippen LogP contribution is -2.36. The van der Waals surface area contributed by atoms with Gasteiger partial charge >= 0.3 is 12.1 Å². The highest BCUT2D eigenvalue weighted by atomic mass is 19.4. The van der Waals surface area contributed by atoms with Crippen molar-refractivity contribution in [2.24, 2.45) is 0 Å². The molecule has 1 heterocycles. The summed E-state index contributed by atoms with van der Waals surface area (Å²) in [6, 6.07) is 6.50. The first-order valence-electron chi connectivity index (χ1n) is 7.39. The van der Waals surface area contributed by atoms with E-state index in [0.29, 0.717) is 10.2 Å². The molecule has 2 rings (SSSR count). The number of benzene rings is 1. The van der Waals surface area contributed by atoms with Crippen molar-refractivity contribution in [1.29, 1.82) is 0 Å². The fourth-order valence-corrected chi connectivity index (χ4v) is 2.37. The Kier molecular flexibility index (Phi) is 5.79. The lowest BCUT2D eigenvalue weighted by atomic mass is 10.0. The maximum absolute atomic E-state index is 13.2. The molecule has 0 saturated heterocycles. The molecule has 0 bridgehead atoms. The Bertz CT molecular complexity index is 702.